The van der Waals surface area contributed by atoms with Crippen LogP contribution in [0.5, 0.6) is 0 Å². The van der Waals surface area contributed by atoms with Gasteiger partial charge < -0.3 is 10.6 Å². The smallest absolute Gasteiger partial charge is 0.191 e. The van der Waals surface area contributed by atoms with Gasteiger partial charge in [0.1, 0.15) is 5.82 Å². The summed E-state index contributed by atoms with van der Waals surface area (Å²) in [6.45, 7) is 7.98. The van der Waals surface area contributed by atoms with Crippen molar-refractivity contribution in [2.24, 2.45) is 4.99 Å². The highest BCUT2D eigenvalue weighted by atomic mass is 19.1. The summed E-state index contributed by atoms with van der Waals surface area (Å²) in [5.74, 6) is 0.485. The molecular formula is C14H20FN3. The van der Waals surface area contributed by atoms with Gasteiger partial charge in [-0.2, -0.15) is 0 Å². The van der Waals surface area contributed by atoms with Gasteiger partial charge in [0, 0.05) is 13.6 Å². The average molecular weight is 249 g/mol. The third-order valence-electron chi connectivity index (χ3n) is 2.69. The van der Waals surface area contributed by atoms with E-state index < -0.39 is 0 Å². The van der Waals surface area contributed by atoms with Crippen LogP contribution in [0.25, 0.3) is 0 Å². The molecule has 0 heterocycles. The van der Waals surface area contributed by atoms with E-state index in [2.05, 4.69) is 22.2 Å². The van der Waals surface area contributed by atoms with Crippen molar-refractivity contribution in [1.29, 1.82) is 0 Å². The quantitative estimate of drug-likeness (QED) is 0.489. The van der Waals surface area contributed by atoms with Gasteiger partial charge >= 0.3 is 0 Å². The largest absolute Gasteiger partial charge is 0.353 e. The molecule has 18 heavy (non-hydrogen) atoms. The van der Waals surface area contributed by atoms with Gasteiger partial charge in [-0.1, -0.05) is 18.2 Å². The monoisotopic (exact) mass is 249 g/mol. The maximum absolute atomic E-state index is 13.5. The molecule has 3 nitrogen and oxygen atoms in total. The van der Waals surface area contributed by atoms with Crippen LogP contribution in [0.1, 0.15) is 24.1 Å². The van der Waals surface area contributed by atoms with Crippen molar-refractivity contribution in [3.8, 4) is 0 Å². The fourth-order valence-electron chi connectivity index (χ4n) is 1.53. The van der Waals surface area contributed by atoms with Crippen LogP contribution < -0.4 is 10.6 Å². The highest BCUT2D eigenvalue weighted by Crippen LogP contribution is 2.15. The number of nitrogens with zero attached hydrogens (tertiary/aromatic N) is 1. The molecule has 0 radical (unpaired) electrons. The molecule has 4 heteroatoms. The number of aryl methyl sites for hydroxylation is 1. The molecule has 0 saturated heterocycles. The molecule has 0 aliphatic rings. The first-order chi connectivity index (χ1) is 8.58. The van der Waals surface area contributed by atoms with Gasteiger partial charge in [0.05, 0.1) is 6.04 Å². The van der Waals surface area contributed by atoms with Gasteiger partial charge in [0.15, 0.2) is 5.96 Å². The molecule has 0 amide bonds. The molecule has 0 aliphatic carbocycles. The maximum Gasteiger partial charge on any atom is 0.191 e. The Morgan fingerprint density at radius 3 is 2.83 bits per heavy atom. The van der Waals surface area contributed by atoms with E-state index in [0.29, 0.717) is 18.1 Å². The molecule has 0 fully saturated rings. The number of guanidine groups is 1. The highest BCUT2D eigenvalue weighted by Gasteiger charge is 2.09. The van der Waals surface area contributed by atoms with Gasteiger partial charge in [-0.25, -0.2) is 4.39 Å². The second-order valence-electron chi connectivity index (χ2n) is 4.12. The molecule has 98 valence electrons. The molecule has 0 spiro atoms. The number of rotatable bonds is 4. The molecule has 1 rings (SSSR count). The SMILES string of the molecule is C=CCNC(=NC)NC(C)c1ccc(C)c(F)c1. The average Bonchev–Trinajstić information content (AvgIpc) is 2.37. The van der Waals surface area contributed by atoms with Crippen LogP contribution in [0.15, 0.2) is 35.8 Å². The number of halogens is 1. The van der Waals surface area contributed by atoms with E-state index in [4.69, 9.17) is 0 Å². The summed E-state index contributed by atoms with van der Waals surface area (Å²) in [7, 11) is 1.70. The molecule has 0 aliphatic heterocycles. The van der Waals surface area contributed by atoms with E-state index >= 15 is 0 Å². The van der Waals surface area contributed by atoms with E-state index in [0.717, 1.165) is 5.56 Å². The second-order valence-corrected chi connectivity index (χ2v) is 4.12. The van der Waals surface area contributed by atoms with Crippen LogP contribution >= 0.6 is 0 Å². The Kier molecular flexibility index (Phi) is 5.36. The van der Waals surface area contributed by atoms with Crippen molar-refractivity contribution >= 4 is 5.96 Å². The van der Waals surface area contributed by atoms with E-state index in [1.807, 2.05) is 13.0 Å². The minimum absolute atomic E-state index is 0.0175. The fraction of sp³-hybridized carbons (Fsp3) is 0.357. The van der Waals surface area contributed by atoms with Gasteiger partial charge in [-0.3, -0.25) is 4.99 Å². The van der Waals surface area contributed by atoms with Gasteiger partial charge in [0.25, 0.3) is 0 Å². The minimum Gasteiger partial charge on any atom is -0.353 e. The predicted molar refractivity (Wildman–Crippen MR) is 74.2 cm³/mol. The summed E-state index contributed by atoms with van der Waals surface area (Å²) in [5.41, 5.74) is 1.54. The van der Waals surface area contributed by atoms with Gasteiger partial charge in [-0.15, -0.1) is 6.58 Å². The Morgan fingerprint density at radius 1 is 1.56 bits per heavy atom. The molecule has 2 N–H and O–H groups in total. The Morgan fingerprint density at radius 2 is 2.28 bits per heavy atom. The molecule has 1 unspecified atom stereocenters. The van der Waals surface area contributed by atoms with E-state index in [9.17, 15) is 4.39 Å². The first-order valence-electron chi connectivity index (χ1n) is 5.92. The molecule has 0 bridgehead atoms. The minimum atomic E-state index is -0.185. The van der Waals surface area contributed by atoms with Crippen molar-refractivity contribution in [2.75, 3.05) is 13.6 Å². The zero-order valence-electron chi connectivity index (χ0n) is 11.1. The van der Waals surface area contributed by atoms with Crippen LogP contribution in [0.3, 0.4) is 0 Å². The van der Waals surface area contributed by atoms with Gasteiger partial charge in [0.2, 0.25) is 0 Å². The van der Waals surface area contributed by atoms with Crippen LogP contribution in [0.2, 0.25) is 0 Å². The first-order valence-corrected chi connectivity index (χ1v) is 5.92. The zero-order valence-corrected chi connectivity index (χ0v) is 11.1. The third kappa shape index (κ3) is 3.87. The van der Waals surface area contributed by atoms with Crippen molar-refractivity contribution in [1.82, 2.24) is 10.6 Å². The summed E-state index contributed by atoms with van der Waals surface area (Å²) < 4.78 is 13.5. The molecule has 1 aromatic carbocycles. The van der Waals surface area contributed by atoms with Crippen LogP contribution in [-0.2, 0) is 0 Å². The fourth-order valence-corrected chi connectivity index (χ4v) is 1.53. The Labute approximate surface area is 108 Å². The van der Waals surface area contributed by atoms with Crippen molar-refractivity contribution < 1.29 is 4.39 Å². The zero-order chi connectivity index (χ0) is 13.5. The number of nitrogens with one attached hydrogen (secondary N) is 2. The summed E-state index contributed by atoms with van der Waals surface area (Å²) in [6, 6.07) is 5.23. The van der Waals surface area contributed by atoms with E-state index in [1.165, 1.54) is 0 Å². The van der Waals surface area contributed by atoms with Crippen LogP contribution in [-0.4, -0.2) is 19.6 Å². The van der Waals surface area contributed by atoms with Crippen molar-refractivity contribution in [3.05, 3.63) is 47.8 Å². The first kappa shape index (κ1) is 14.2. The highest BCUT2D eigenvalue weighted by molar-refractivity contribution is 5.80. The molecule has 0 aromatic heterocycles. The maximum atomic E-state index is 13.5. The molecule has 1 aromatic rings. The van der Waals surface area contributed by atoms with Crippen molar-refractivity contribution in [2.45, 2.75) is 19.9 Å². The lowest BCUT2D eigenvalue weighted by Gasteiger charge is -2.18. The second kappa shape index (κ2) is 6.79. The summed E-state index contributed by atoms with van der Waals surface area (Å²) in [5, 5.41) is 6.26. The predicted octanol–water partition coefficient (Wildman–Crippen LogP) is 2.55. The van der Waals surface area contributed by atoms with Crippen LogP contribution in [0, 0.1) is 12.7 Å². The summed E-state index contributed by atoms with van der Waals surface area (Å²) >= 11 is 0. The van der Waals surface area contributed by atoms with Gasteiger partial charge in [-0.05, 0) is 31.0 Å². The van der Waals surface area contributed by atoms with Crippen LogP contribution in [0.4, 0.5) is 4.39 Å². The van der Waals surface area contributed by atoms with E-state index in [1.54, 1.807) is 32.2 Å². The Balaban J connectivity index is 2.71. The number of benzene rings is 1. The number of hydrogen-bond donors (Lipinski definition) is 2. The number of hydrogen-bond acceptors (Lipinski definition) is 1. The standard InChI is InChI=1S/C14H20FN3/c1-5-8-17-14(16-4)18-11(3)12-7-6-10(2)13(15)9-12/h5-7,9,11H,1,8H2,2-4H3,(H2,16,17,18). The molecular weight excluding hydrogens is 229 g/mol. The molecule has 0 saturated carbocycles. The number of aliphatic imine (C=N–C) groups is 1. The summed E-state index contributed by atoms with van der Waals surface area (Å²) in [4.78, 5) is 4.08. The lowest BCUT2D eigenvalue weighted by molar-refractivity contribution is 0.608. The lowest BCUT2D eigenvalue weighted by atomic mass is 10.1. The third-order valence-corrected chi connectivity index (χ3v) is 2.69. The molecule has 1 atom stereocenters. The van der Waals surface area contributed by atoms with Crippen molar-refractivity contribution in [3.63, 3.8) is 0 Å². The lowest BCUT2D eigenvalue weighted by Crippen LogP contribution is -2.38. The van der Waals surface area contributed by atoms with E-state index in [-0.39, 0.29) is 11.9 Å². The topological polar surface area (TPSA) is 36.4 Å². The Bertz CT molecular complexity index is 441. The normalized spacial score (nSPS) is 13.0. The summed E-state index contributed by atoms with van der Waals surface area (Å²) in [6.07, 6.45) is 1.75. The Hall–Kier alpha value is -1.84.